The predicted octanol–water partition coefficient (Wildman–Crippen LogP) is 1.06. The smallest absolute Gasteiger partial charge is 0.346 e. The number of fused-ring (bicyclic) bond motifs is 3. The molecule has 0 amide bonds. The molecule has 1 N–H and O–H groups in total. The maximum atomic E-state index is 13.5. The lowest BCUT2D eigenvalue weighted by Crippen LogP contribution is -2.51. The molecule has 11 heteroatoms. The van der Waals surface area contributed by atoms with Gasteiger partial charge in [0.05, 0.1) is 34.6 Å². The number of benzene rings is 1. The minimum Gasteiger partial charge on any atom is -0.465 e. The van der Waals surface area contributed by atoms with Gasteiger partial charge in [-0.2, -0.15) is 0 Å². The number of carbonyl (C=O) groups is 3. The van der Waals surface area contributed by atoms with Crippen LogP contribution in [0.2, 0.25) is 0 Å². The van der Waals surface area contributed by atoms with Gasteiger partial charge in [0.25, 0.3) is 5.69 Å². The van der Waals surface area contributed by atoms with Gasteiger partial charge in [-0.05, 0) is 47.6 Å². The van der Waals surface area contributed by atoms with Gasteiger partial charge in [-0.25, -0.2) is 9.59 Å². The zero-order valence-electron chi connectivity index (χ0n) is 20.3. The lowest BCUT2D eigenvalue weighted by molar-refractivity contribution is -0.384. The first-order valence-electron chi connectivity index (χ1n) is 11.0. The minimum absolute atomic E-state index is 0.00233. The number of rotatable bonds is 7. The lowest BCUT2D eigenvalue weighted by atomic mass is 9.75. The maximum Gasteiger partial charge on any atom is 0.346 e. The third-order valence-corrected chi connectivity index (χ3v) is 5.44. The fourth-order valence-electron chi connectivity index (χ4n) is 4.22. The normalized spacial score (nSPS) is 17.2. The molecule has 0 aliphatic heterocycles. The summed E-state index contributed by atoms with van der Waals surface area (Å²) in [7, 11) is 0. The van der Waals surface area contributed by atoms with Crippen LogP contribution in [0.1, 0.15) is 41.5 Å². The van der Waals surface area contributed by atoms with E-state index in [9.17, 15) is 29.3 Å². The summed E-state index contributed by atoms with van der Waals surface area (Å²) >= 11 is 0. The Hall–Kier alpha value is -4.02. The van der Waals surface area contributed by atoms with Crippen molar-refractivity contribution in [2.24, 2.45) is 5.41 Å². The highest BCUT2D eigenvalue weighted by atomic mass is 16.6. The quantitative estimate of drug-likeness (QED) is 0.197. The van der Waals surface area contributed by atoms with Gasteiger partial charge in [0.15, 0.2) is 11.2 Å². The van der Waals surface area contributed by atoms with Gasteiger partial charge >= 0.3 is 17.6 Å². The summed E-state index contributed by atoms with van der Waals surface area (Å²) in [4.78, 5) is 64.4. The fraction of sp³-hybridized carbons (Fsp3) is 0.417. The second kappa shape index (κ2) is 8.97. The van der Waals surface area contributed by atoms with Crippen molar-refractivity contribution in [3.05, 3.63) is 49.2 Å². The van der Waals surface area contributed by atoms with Crippen molar-refractivity contribution in [1.82, 2.24) is 5.32 Å². The summed E-state index contributed by atoms with van der Waals surface area (Å²) in [5.74, 6) is -2.93. The van der Waals surface area contributed by atoms with Crippen LogP contribution in [-0.4, -0.2) is 41.4 Å². The number of Topliss-reactive ketones (excluding diaryl/α,β-unsaturated/α-hetero) is 1. The number of hydrogen-bond acceptors (Lipinski definition) is 10. The number of hydrogen-bond donors (Lipinski definition) is 1. The molecule has 0 spiro atoms. The predicted molar refractivity (Wildman–Crippen MR) is 124 cm³/mol. The minimum atomic E-state index is -2.38. The molecule has 1 aromatic heterocycles. The second-order valence-corrected chi connectivity index (χ2v) is 8.95. The molecule has 1 unspecified atom stereocenters. The number of ketones is 1. The van der Waals surface area contributed by atoms with E-state index in [2.05, 4.69) is 5.32 Å². The number of esters is 2. The van der Waals surface area contributed by atoms with E-state index in [4.69, 9.17) is 13.9 Å². The SMILES string of the molecule is CCOC(=O)C1=c2c(c(=O)oc3ccc([N+](=O)[O-])cc23)=C(NC(C)(C)C)C1(C(C)=O)C(=O)OCC. The maximum absolute atomic E-state index is 13.5. The molecule has 1 aromatic carbocycles. The number of nitrogens with one attached hydrogen (secondary N) is 1. The van der Waals surface area contributed by atoms with Gasteiger partial charge in [-0.1, -0.05) is 0 Å². The number of nitro groups is 1. The first-order chi connectivity index (χ1) is 16.3. The standard InChI is InChI=1S/C24H26N2O9/c1-7-33-21(29)18-16-14-11-13(26(31)32)9-10-15(14)35-20(28)17(16)19(25-23(4,5)6)24(18,12(3)27)22(30)34-8-2/h9-11,25H,7-8H2,1-6H3. The van der Waals surface area contributed by atoms with E-state index in [-0.39, 0.29) is 46.0 Å². The summed E-state index contributed by atoms with van der Waals surface area (Å²) < 4.78 is 15.9. The van der Waals surface area contributed by atoms with E-state index >= 15 is 0 Å². The molecule has 0 saturated carbocycles. The first-order valence-corrected chi connectivity index (χ1v) is 11.0. The Bertz CT molecular complexity index is 1450. The Kier molecular flexibility index (Phi) is 6.56. The lowest BCUT2D eigenvalue weighted by Gasteiger charge is -2.34. The van der Waals surface area contributed by atoms with Gasteiger partial charge in [0, 0.05) is 28.3 Å². The highest BCUT2D eigenvalue weighted by molar-refractivity contribution is 6.33. The van der Waals surface area contributed by atoms with Crippen molar-refractivity contribution in [2.45, 2.75) is 47.1 Å². The molecule has 186 valence electrons. The van der Waals surface area contributed by atoms with Crippen LogP contribution in [0.3, 0.4) is 0 Å². The molecule has 1 heterocycles. The van der Waals surface area contributed by atoms with Crippen LogP contribution in [-0.2, 0) is 23.9 Å². The van der Waals surface area contributed by atoms with Gasteiger partial charge in [-0.3, -0.25) is 19.7 Å². The molecular weight excluding hydrogens is 460 g/mol. The van der Waals surface area contributed by atoms with Crippen molar-refractivity contribution >= 4 is 45.6 Å². The van der Waals surface area contributed by atoms with E-state index < -0.39 is 44.8 Å². The topological polar surface area (TPSA) is 155 Å². The van der Waals surface area contributed by atoms with Crippen LogP contribution in [0.15, 0.2) is 27.4 Å². The molecule has 2 aromatic rings. The first kappa shape index (κ1) is 25.6. The van der Waals surface area contributed by atoms with Crippen LogP contribution < -0.4 is 21.4 Å². The molecule has 0 fully saturated rings. The number of nitrogens with zero attached hydrogens (tertiary/aromatic N) is 1. The van der Waals surface area contributed by atoms with Crippen LogP contribution in [0.4, 0.5) is 5.69 Å². The molecule has 0 saturated heterocycles. The second-order valence-electron chi connectivity index (χ2n) is 8.95. The summed E-state index contributed by atoms with van der Waals surface area (Å²) in [6.07, 6.45) is 0. The average molecular weight is 486 g/mol. The highest BCUT2D eigenvalue weighted by Crippen LogP contribution is 2.42. The van der Waals surface area contributed by atoms with E-state index in [1.54, 1.807) is 20.8 Å². The molecule has 3 rings (SSSR count). The largest absolute Gasteiger partial charge is 0.465 e. The molecule has 1 aliphatic rings. The zero-order valence-corrected chi connectivity index (χ0v) is 20.3. The Morgan fingerprint density at radius 1 is 1.11 bits per heavy atom. The van der Waals surface area contributed by atoms with Crippen molar-refractivity contribution in [2.75, 3.05) is 13.2 Å². The number of carbonyl (C=O) groups excluding carboxylic acids is 3. The molecule has 1 aliphatic carbocycles. The molecule has 35 heavy (non-hydrogen) atoms. The zero-order chi connectivity index (χ0) is 26.3. The summed E-state index contributed by atoms with van der Waals surface area (Å²) in [5.41, 5.74) is -5.19. The van der Waals surface area contributed by atoms with Gasteiger partial charge < -0.3 is 19.2 Å². The van der Waals surface area contributed by atoms with E-state index in [1.165, 1.54) is 19.9 Å². The van der Waals surface area contributed by atoms with Crippen molar-refractivity contribution in [1.29, 1.82) is 0 Å². The number of non-ortho nitro benzene ring substituents is 1. The molecule has 11 nitrogen and oxygen atoms in total. The van der Waals surface area contributed by atoms with Gasteiger partial charge in [0.2, 0.25) is 0 Å². The average Bonchev–Trinajstić information content (AvgIpc) is 3.05. The molecular formula is C24H26N2O9. The summed E-state index contributed by atoms with van der Waals surface area (Å²) in [6, 6.07) is 3.47. The Morgan fingerprint density at radius 3 is 2.26 bits per heavy atom. The Labute approximate surface area is 199 Å². The highest BCUT2D eigenvalue weighted by Gasteiger charge is 2.59. The summed E-state index contributed by atoms with van der Waals surface area (Å²) in [5, 5.41) is 14.1. The van der Waals surface area contributed by atoms with Crippen molar-refractivity contribution < 1.29 is 33.2 Å². The Balaban J connectivity index is 2.77. The monoisotopic (exact) mass is 486 g/mol. The Morgan fingerprint density at radius 2 is 1.74 bits per heavy atom. The van der Waals surface area contributed by atoms with Crippen molar-refractivity contribution in [3.8, 4) is 0 Å². The molecule has 0 radical (unpaired) electrons. The third-order valence-electron chi connectivity index (χ3n) is 5.44. The van der Waals surface area contributed by atoms with Gasteiger partial charge in [-0.15, -0.1) is 0 Å². The van der Waals surface area contributed by atoms with Crippen LogP contribution >= 0.6 is 0 Å². The molecule has 0 bridgehead atoms. The van der Waals surface area contributed by atoms with Crippen LogP contribution in [0.25, 0.3) is 22.2 Å². The van der Waals surface area contributed by atoms with E-state index in [1.807, 2.05) is 0 Å². The fourth-order valence-corrected chi connectivity index (χ4v) is 4.22. The number of ether oxygens (including phenoxy) is 2. The van der Waals surface area contributed by atoms with E-state index in [0.717, 1.165) is 19.1 Å². The summed E-state index contributed by atoms with van der Waals surface area (Å²) in [6.45, 7) is 9.12. The van der Waals surface area contributed by atoms with Gasteiger partial charge in [0.1, 0.15) is 5.58 Å². The van der Waals surface area contributed by atoms with Crippen molar-refractivity contribution in [3.63, 3.8) is 0 Å². The van der Waals surface area contributed by atoms with E-state index in [0.29, 0.717) is 0 Å². The number of nitro benzene ring substituents is 1. The molecule has 1 atom stereocenters. The van der Waals surface area contributed by atoms with Crippen LogP contribution in [0.5, 0.6) is 0 Å². The third kappa shape index (κ3) is 4.07. The van der Waals surface area contributed by atoms with Crippen LogP contribution in [0, 0.1) is 15.5 Å².